The average molecular weight is 164 g/mol. The molecule has 0 spiro atoms. The molecule has 2 heterocycles. The molecule has 1 aliphatic rings. The Morgan fingerprint density at radius 3 is 3.08 bits per heavy atom. The highest BCUT2D eigenvalue weighted by Crippen LogP contribution is 2.28. The van der Waals surface area contributed by atoms with Crippen molar-refractivity contribution in [3.8, 4) is 5.75 Å². The second kappa shape index (κ2) is 3.11. The van der Waals surface area contributed by atoms with E-state index in [0.717, 1.165) is 24.4 Å². The van der Waals surface area contributed by atoms with Crippen LogP contribution in [0.2, 0.25) is 0 Å². The van der Waals surface area contributed by atoms with Crippen molar-refractivity contribution < 1.29 is 4.74 Å². The van der Waals surface area contributed by atoms with Crippen LogP contribution in [0.5, 0.6) is 5.75 Å². The van der Waals surface area contributed by atoms with E-state index in [1.54, 1.807) is 13.3 Å². The van der Waals surface area contributed by atoms with Gasteiger partial charge in [-0.05, 0) is 25.1 Å². The molecule has 0 bridgehead atoms. The van der Waals surface area contributed by atoms with E-state index in [0.29, 0.717) is 6.04 Å². The van der Waals surface area contributed by atoms with Gasteiger partial charge in [0, 0.05) is 6.20 Å². The highest BCUT2D eigenvalue weighted by atomic mass is 16.5. The minimum Gasteiger partial charge on any atom is -0.495 e. The van der Waals surface area contributed by atoms with Gasteiger partial charge in [-0.1, -0.05) is 0 Å². The number of aromatic nitrogens is 1. The van der Waals surface area contributed by atoms with Gasteiger partial charge in [0.25, 0.3) is 0 Å². The first-order chi connectivity index (χ1) is 5.92. The van der Waals surface area contributed by atoms with Crippen molar-refractivity contribution in [3.63, 3.8) is 0 Å². The minimum atomic E-state index is 0.404. The van der Waals surface area contributed by atoms with E-state index in [1.165, 1.54) is 0 Å². The summed E-state index contributed by atoms with van der Waals surface area (Å²) in [5.41, 5.74) is 1.03. The second-order valence-electron chi connectivity index (χ2n) is 2.89. The van der Waals surface area contributed by atoms with Crippen LogP contribution in [0.1, 0.15) is 18.2 Å². The molecule has 0 amide bonds. The monoisotopic (exact) mass is 164 g/mol. The van der Waals surface area contributed by atoms with E-state index in [9.17, 15) is 0 Å². The minimum absolute atomic E-state index is 0.404. The van der Waals surface area contributed by atoms with Crippen molar-refractivity contribution in [1.29, 1.82) is 0 Å². The number of methoxy groups -OCH3 is 1. The third kappa shape index (κ3) is 1.16. The molecule has 0 aliphatic carbocycles. The zero-order chi connectivity index (χ0) is 8.39. The molecule has 3 heteroatoms. The van der Waals surface area contributed by atoms with Crippen molar-refractivity contribution in [2.45, 2.75) is 12.5 Å². The van der Waals surface area contributed by atoms with Gasteiger partial charge >= 0.3 is 0 Å². The first-order valence-corrected chi connectivity index (χ1v) is 4.14. The smallest absolute Gasteiger partial charge is 0.141 e. The molecule has 0 radical (unpaired) electrons. The Morgan fingerprint density at radius 1 is 1.67 bits per heavy atom. The standard InChI is InChI=1S/C9H12N2O/c1-12-8-3-2-5-11-9(8)7-4-6-10-7/h2-3,5,7,10H,4,6H2,1H3. The summed E-state index contributed by atoms with van der Waals surface area (Å²) in [5, 5.41) is 3.29. The summed E-state index contributed by atoms with van der Waals surface area (Å²) in [5.74, 6) is 0.884. The lowest BCUT2D eigenvalue weighted by atomic mass is 10.0. The van der Waals surface area contributed by atoms with Gasteiger partial charge in [0.1, 0.15) is 5.75 Å². The maximum absolute atomic E-state index is 5.20. The van der Waals surface area contributed by atoms with Crippen LogP contribution in [0.15, 0.2) is 18.3 Å². The van der Waals surface area contributed by atoms with Gasteiger partial charge < -0.3 is 10.1 Å². The van der Waals surface area contributed by atoms with Gasteiger partial charge in [-0.2, -0.15) is 0 Å². The Labute approximate surface area is 71.8 Å². The van der Waals surface area contributed by atoms with Gasteiger partial charge in [0.05, 0.1) is 18.8 Å². The number of nitrogens with one attached hydrogen (secondary N) is 1. The van der Waals surface area contributed by atoms with Gasteiger partial charge in [-0.25, -0.2) is 0 Å². The molecular weight excluding hydrogens is 152 g/mol. The molecule has 0 saturated carbocycles. The first-order valence-electron chi connectivity index (χ1n) is 4.14. The Kier molecular flexibility index (Phi) is 1.96. The number of pyridine rings is 1. The van der Waals surface area contributed by atoms with Crippen molar-refractivity contribution in [2.75, 3.05) is 13.7 Å². The highest BCUT2D eigenvalue weighted by Gasteiger charge is 2.22. The van der Waals surface area contributed by atoms with Crippen molar-refractivity contribution in [3.05, 3.63) is 24.0 Å². The topological polar surface area (TPSA) is 34.1 Å². The van der Waals surface area contributed by atoms with Gasteiger partial charge in [-0.15, -0.1) is 0 Å². The first kappa shape index (κ1) is 7.55. The molecule has 2 rings (SSSR count). The lowest BCUT2D eigenvalue weighted by molar-refractivity contribution is 0.345. The van der Waals surface area contributed by atoms with Crippen LogP contribution < -0.4 is 10.1 Å². The Morgan fingerprint density at radius 2 is 2.50 bits per heavy atom. The third-order valence-electron chi connectivity index (χ3n) is 2.17. The zero-order valence-electron chi connectivity index (χ0n) is 7.08. The third-order valence-corrected chi connectivity index (χ3v) is 2.17. The van der Waals surface area contributed by atoms with Crippen LogP contribution in [0.25, 0.3) is 0 Å². The van der Waals surface area contributed by atoms with Gasteiger partial charge in [0.2, 0.25) is 0 Å². The van der Waals surface area contributed by atoms with E-state index in [1.807, 2.05) is 12.1 Å². The molecule has 1 aliphatic heterocycles. The summed E-state index contributed by atoms with van der Waals surface area (Å²) in [6.45, 7) is 1.09. The number of hydrogen-bond acceptors (Lipinski definition) is 3. The summed E-state index contributed by atoms with van der Waals surface area (Å²) in [6.07, 6.45) is 2.96. The van der Waals surface area contributed by atoms with Gasteiger partial charge in [0.15, 0.2) is 0 Å². The number of ether oxygens (including phenoxy) is 1. The van der Waals surface area contributed by atoms with Crippen LogP contribution in [-0.2, 0) is 0 Å². The van der Waals surface area contributed by atoms with E-state index in [-0.39, 0.29) is 0 Å². The Balaban J connectivity index is 2.27. The zero-order valence-corrected chi connectivity index (χ0v) is 7.08. The van der Waals surface area contributed by atoms with Crippen LogP contribution >= 0.6 is 0 Å². The fourth-order valence-corrected chi connectivity index (χ4v) is 1.36. The lowest BCUT2D eigenvalue weighted by Gasteiger charge is -2.27. The van der Waals surface area contributed by atoms with Crippen LogP contribution in [0.3, 0.4) is 0 Å². The maximum Gasteiger partial charge on any atom is 0.141 e. The number of hydrogen-bond donors (Lipinski definition) is 1. The highest BCUT2D eigenvalue weighted by molar-refractivity contribution is 5.30. The van der Waals surface area contributed by atoms with E-state index in [4.69, 9.17) is 4.74 Å². The molecule has 1 aromatic rings. The van der Waals surface area contributed by atoms with E-state index >= 15 is 0 Å². The Hall–Kier alpha value is -1.09. The average Bonchev–Trinajstić information content (AvgIpc) is 2.02. The van der Waals surface area contributed by atoms with Crippen molar-refractivity contribution >= 4 is 0 Å². The molecule has 1 fully saturated rings. The summed E-state index contributed by atoms with van der Waals surface area (Å²) in [4.78, 5) is 4.28. The summed E-state index contributed by atoms with van der Waals surface area (Å²) in [6, 6.07) is 4.24. The van der Waals surface area contributed by atoms with E-state index in [2.05, 4.69) is 10.3 Å². The molecule has 3 nitrogen and oxygen atoms in total. The van der Waals surface area contributed by atoms with Crippen LogP contribution in [0, 0.1) is 0 Å². The number of rotatable bonds is 2. The fourth-order valence-electron chi connectivity index (χ4n) is 1.36. The van der Waals surface area contributed by atoms with Crippen molar-refractivity contribution in [1.82, 2.24) is 10.3 Å². The molecule has 1 saturated heterocycles. The summed E-state index contributed by atoms with van der Waals surface area (Å²) >= 11 is 0. The maximum atomic E-state index is 5.20. The predicted octanol–water partition coefficient (Wildman–Crippen LogP) is 1.12. The van der Waals surface area contributed by atoms with Gasteiger partial charge in [-0.3, -0.25) is 4.98 Å². The predicted molar refractivity (Wildman–Crippen MR) is 46.1 cm³/mol. The molecule has 1 unspecified atom stereocenters. The second-order valence-corrected chi connectivity index (χ2v) is 2.89. The quantitative estimate of drug-likeness (QED) is 0.711. The lowest BCUT2D eigenvalue weighted by Crippen LogP contribution is -2.35. The fraction of sp³-hybridized carbons (Fsp3) is 0.444. The molecule has 12 heavy (non-hydrogen) atoms. The SMILES string of the molecule is COc1cccnc1C1CCN1. The van der Waals surface area contributed by atoms with Crippen LogP contribution in [-0.4, -0.2) is 18.6 Å². The molecule has 64 valence electrons. The Bertz CT molecular complexity index is 271. The summed E-state index contributed by atoms with van der Waals surface area (Å²) in [7, 11) is 1.68. The molecule has 1 atom stereocenters. The molecule has 0 aromatic carbocycles. The number of nitrogens with zero attached hydrogens (tertiary/aromatic N) is 1. The van der Waals surface area contributed by atoms with E-state index < -0.39 is 0 Å². The van der Waals surface area contributed by atoms with Crippen LogP contribution in [0.4, 0.5) is 0 Å². The summed E-state index contributed by atoms with van der Waals surface area (Å²) < 4.78 is 5.20. The molecule has 1 N–H and O–H groups in total. The largest absolute Gasteiger partial charge is 0.495 e. The normalized spacial score (nSPS) is 21.6. The molecule has 1 aromatic heterocycles. The molecular formula is C9H12N2O. The van der Waals surface area contributed by atoms with Crippen molar-refractivity contribution in [2.24, 2.45) is 0 Å².